The summed E-state index contributed by atoms with van der Waals surface area (Å²) < 4.78 is 31.9. The van der Waals surface area contributed by atoms with Crippen molar-refractivity contribution in [3.63, 3.8) is 0 Å². The number of benzene rings is 2. The van der Waals surface area contributed by atoms with Gasteiger partial charge in [0.1, 0.15) is 4.90 Å². The summed E-state index contributed by atoms with van der Waals surface area (Å²) in [4.78, 5) is 9.46. The molecule has 0 saturated carbocycles. The largest absolute Gasteiger partial charge is 0.295 e. The van der Waals surface area contributed by atoms with Crippen LogP contribution in [-0.4, -0.2) is 17.9 Å². The van der Waals surface area contributed by atoms with Crippen molar-refractivity contribution < 1.29 is 17.9 Å². The zero-order valence-electron chi connectivity index (χ0n) is 10.7. The first-order valence-electron chi connectivity index (χ1n) is 5.87. The zero-order chi connectivity index (χ0) is 15.5. The van der Waals surface area contributed by atoms with Crippen molar-refractivity contribution in [2.75, 3.05) is 0 Å². The molecular formula is C14H11NO5S. The van der Waals surface area contributed by atoms with Crippen LogP contribution in [0.4, 0.5) is 5.69 Å². The van der Waals surface area contributed by atoms with Crippen molar-refractivity contribution >= 4 is 28.0 Å². The van der Waals surface area contributed by atoms with Crippen LogP contribution in [0.25, 0.3) is 12.2 Å². The highest BCUT2D eigenvalue weighted by Crippen LogP contribution is 2.24. The van der Waals surface area contributed by atoms with Crippen LogP contribution in [0, 0.1) is 10.1 Å². The smallest absolute Gasteiger partial charge is 0.282 e. The van der Waals surface area contributed by atoms with Crippen LogP contribution >= 0.6 is 0 Å². The molecular weight excluding hydrogens is 294 g/mol. The molecule has 0 unspecified atom stereocenters. The average molecular weight is 305 g/mol. The number of hydrogen-bond acceptors (Lipinski definition) is 4. The van der Waals surface area contributed by atoms with Crippen LogP contribution in [-0.2, 0) is 10.1 Å². The Morgan fingerprint density at radius 3 is 2.29 bits per heavy atom. The number of non-ortho nitro benzene ring substituents is 1. The maximum Gasteiger partial charge on any atom is 0.295 e. The molecule has 0 aromatic heterocycles. The van der Waals surface area contributed by atoms with E-state index in [1.54, 1.807) is 6.08 Å². The third-order valence-electron chi connectivity index (χ3n) is 2.74. The van der Waals surface area contributed by atoms with E-state index in [0.717, 1.165) is 11.6 Å². The molecule has 0 spiro atoms. The lowest BCUT2D eigenvalue weighted by atomic mass is 10.1. The van der Waals surface area contributed by atoms with E-state index < -0.39 is 25.6 Å². The molecule has 0 bridgehead atoms. The Kier molecular flexibility index (Phi) is 4.15. The summed E-state index contributed by atoms with van der Waals surface area (Å²) in [6, 6.07) is 12.4. The lowest BCUT2D eigenvalue weighted by Gasteiger charge is -2.03. The summed E-state index contributed by atoms with van der Waals surface area (Å²) in [6.07, 6.45) is 3.12. The minimum atomic E-state index is -4.55. The minimum absolute atomic E-state index is 0.173. The first-order chi connectivity index (χ1) is 9.88. The number of rotatable bonds is 4. The molecule has 0 atom stereocenters. The predicted molar refractivity (Wildman–Crippen MR) is 78.3 cm³/mol. The first-order valence-corrected chi connectivity index (χ1v) is 7.31. The van der Waals surface area contributed by atoms with Crippen molar-refractivity contribution in [3.05, 3.63) is 69.8 Å². The molecule has 108 valence electrons. The molecule has 6 nitrogen and oxygen atoms in total. The zero-order valence-corrected chi connectivity index (χ0v) is 11.5. The SMILES string of the molecule is O=[N+]([O-])c1ccc(/C=C/c2ccccc2)c(S(=O)(=O)O)c1. The molecule has 2 aromatic carbocycles. The van der Waals surface area contributed by atoms with E-state index in [1.807, 2.05) is 30.3 Å². The second kappa shape index (κ2) is 5.86. The Morgan fingerprint density at radius 1 is 1.05 bits per heavy atom. The molecule has 0 amide bonds. The summed E-state index contributed by atoms with van der Waals surface area (Å²) in [5.74, 6) is 0. The van der Waals surface area contributed by atoms with Gasteiger partial charge in [0.05, 0.1) is 4.92 Å². The van der Waals surface area contributed by atoms with Gasteiger partial charge in [-0.3, -0.25) is 14.7 Å². The minimum Gasteiger partial charge on any atom is -0.282 e. The lowest BCUT2D eigenvalue weighted by molar-refractivity contribution is -0.385. The molecule has 2 rings (SSSR count). The fourth-order valence-electron chi connectivity index (χ4n) is 1.75. The molecule has 2 aromatic rings. The molecule has 1 N–H and O–H groups in total. The quantitative estimate of drug-likeness (QED) is 0.405. The maximum absolute atomic E-state index is 11.3. The second-order valence-corrected chi connectivity index (χ2v) is 5.59. The van der Waals surface area contributed by atoms with Gasteiger partial charge in [-0.15, -0.1) is 0 Å². The predicted octanol–water partition coefficient (Wildman–Crippen LogP) is 3.01. The Hall–Kier alpha value is -2.51. The van der Waals surface area contributed by atoms with Crippen molar-refractivity contribution in [3.8, 4) is 0 Å². The fraction of sp³-hybridized carbons (Fsp3) is 0. The Bertz CT molecular complexity index is 797. The van der Waals surface area contributed by atoms with Crippen LogP contribution < -0.4 is 0 Å². The number of nitrogens with zero attached hydrogens (tertiary/aromatic N) is 1. The molecule has 0 aliphatic carbocycles. The highest BCUT2D eigenvalue weighted by molar-refractivity contribution is 7.86. The molecule has 0 aliphatic rings. The van der Waals surface area contributed by atoms with Crippen LogP contribution in [0.2, 0.25) is 0 Å². The van der Waals surface area contributed by atoms with Crippen molar-refractivity contribution in [2.45, 2.75) is 4.90 Å². The van der Waals surface area contributed by atoms with Gasteiger partial charge in [0.15, 0.2) is 0 Å². The Balaban J connectivity index is 2.49. The molecule has 0 radical (unpaired) electrons. The topological polar surface area (TPSA) is 97.5 Å². The standard InChI is InChI=1S/C14H11NO5S/c16-15(17)13-9-8-12(14(10-13)21(18,19)20)7-6-11-4-2-1-3-5-11/h1-10H,(H,18,19,20)/b7-6+. The van der Waals surface area contributed by atoms with Gasteiger partial charge in [-0.05, 0) is 17.2 Å². The van der Waals surface area contributed by atoms with Crippen molar-refractivity contribution in [2.24, 2.45) is 0 Å². The molecule has 0 aliphatic heterocycles. The van der Waals surface area contributed by atoms with E-state index in [4.69, 9.17) is 0 Å². The van der Waals surface area contributed by atoms with Gasteiger partial charge in [-0.2, -0.15) is 8.42 Å². The van der Waals surface area contributed by atoms with Gasteiger partial charge >= 0.3 is 0 Å². The van der Waals surface area contributed by atoms with Gasteiger partial charge in [0.25, 0.3) is 15.8 Å². The monoisotopic (exact) mass is 305 g/mol. The molecule has 0 fully saturated rings. The lowest BCUT2D eigenvalue weighted by Crippen LogP contribution is -2.02. The Morgan fingerprint density at radius 2 is 1.71 bits per heavy atom. The van der Waals surface area contributed by atoms with Gasteiger partial charge in [0.2, 0.25) is 0 Å². The van der Waals surface area contributed by atoms with Crippen molar-refractivity contribution in [1.82, 2.24) is 0 Å². The Labute approximate surface area is 121 Å². The van der Waals surface area contributed by atoms with Gasteiger partial charge in [0, 0.05) is 12.1 Å². The van der Waals surface area contributed by atoms with E-state index in [2.05, 4.69) is 0 Å². The van der Waals surface area contributed by atoms with E-state index >= 15 is 0 Å². The summed E-state index contributed by atoms with van der Waals surface area (Å²) in [6.45, 7) is 0. The van der Waals surface area contributed by atoms with Gasteiger partial charge < -0.3 is 0 Å². The molecule has 21 heavy (non-hydrogen) atoms. The number of nitro groups is 1. The van der Waals surface area contributed by atoms with Crippen LogP contribution in [0.1, 0.15) is 11.1 Å². The van der Waals surface area contributed by atoms with Crippen molar-refractivity contribution in [1.29, 1.82) is 0 Å². The normalized spacial score (nSPS) is 11.7. The van der Waals surface area contributed by atoms with Gasteiger partial charge in [-0.25, -0.2) is 0 Å². The summed E-state index contributed by atoms with van der Waals surface area (Å²) in [7, 11) is -4.55. The molecule has 7 heteroatoms. The summed E-state index contributed by atoms with van der Waals surface area (Å²) >= 11 is 0. The third-order valence-corrected chi connectivity index (χ3v) is 3.65. The highest BCUT2D eigenvalue weighted by Gasteiger charge is 2.18. The van der Waals surface area contributed by atoms with Crippen LogP contribution in [0.15, 0.2) is 53.4 Å². The van der Waals surface area contributed by atoms with E-state index in [1.165, 1.54) is 18.2 Å². The first kappa shape index (κ1) is 14.9. The van der Waals surface area contributed by atoms with E-state index in [-0.39, 0.29) is 5.56 Å². The summed E-state index contributed by atoms with van der Waals surface area (Å²) in [5, 5.41) is 10.7. The second-order valence-electron chi connectivity index (χ2n) is 4.20. The van der Waals surface area contributed by atoms with E-state index in [0.29, 0.717) is 0 Å². The maximum atomic E-state index is 11.3. The van der Waals surface area contributed by atoms with Crippen LogP contribution in [0.5, 0.6) is 0 Å². The highest BCUT2D eigenvalue weighted by atomic mass is 32.2. The molecule has 0 heterocycles. The third kappa shape index (κ3) is 3.74. The van der Waals surface area contributed by atoms with Gasteiger partial charge in [-0.1, -0.05) is 42.5 Å². The number of hydrogen-bond donors (Lipinski definition) is 1. The average Bonchev–Trinajstić information content (AvgIpc) is 2.45. The fourth-order valence-corrected chi connectivity index (χ4v) is 2.45. The molecule has 0 saturated heterocycles. The number of nitro benzene ring substituents is 1. The van der Waals surface area contributed by atoms with E-state index in [9.17, 15) is 23.1 Å². The van der Waals surface area contributed by atoms with Crippen LogP contribution in [0.3, 0.4) is 0 Å². The summed E-state index contributed by atoms with van der Waals surface area (Å²) in [5.41, 5.74) is 0.601.